The third kappa shape index (κ3) is 5.41. The normalized spacial score (nSPS) is 15.1. The number of nitrogens with zero attached hydrogens (tertiary/aromatic N) is 2. The van der Waals surface area contributed by atoms with Crippen molar-refractivity contribution in [1.82, 2.24) is 10.4 Å². The zero-order valence-corrected chi connectivity index (χ0v) is 15.1. The van der Waals surface area contributed by atoms with Crippen LogP contribution in [-0.4, -0.2) is 23.7 Å². The minimum Gasteiger partial charge on any atom is -0.484 e. The van der Waals surface area contributed by atoms with Gasteiger partial charge in [0.15, 0.2) is 6.61 Å². The molecule has 1 heterocycles. The Labute approximate surface area is 154 Å². The topological polar surface area (TPSA) is 63.6 Å². The largest absolute Gasteiger partial charge is 0.484 e. The minimum atomic E-state index is -0.301. The van der Waals surface area contributed by atoms with Crippen LogP contribution in [0.4, 0.5) is 0 Å². The van der Waals surface area contributed by atoms with Gasteiger partial charge in [-0.15, -0.1) is 0 Å². The van der Waals surface area contributed by atoms with Crippen LogP contribution in [0.2, 0.25) is 0 Å². The molecule has 1 aliphatic rings. The number of hydrogen-bond acceptors (Lipinski definition) is 4. The molecule has 0 unspecified atom stereocenters. The van der Waals surface area contributed by atoms with Crippen LogP contribution in [0.5, 0.6) is 5.75 Å². The summed E-state index contributed by atoms with van der Waals surface area (Å²) in [6.45, 7) is 1.84. The van der Waals surface area contributed by atoms with Crippen molar-refractivity contribution in [2.75, 3.05) is 6.61 Å². The van der Waals surface area contributed by atoms with Crippen molar-refractivity contribution in [1.29, 1.82) is 0 Å². The number of hydrazone groups is 1. The van der Waals surface area contributed by atoms with Gasteiger partial charge in [-0.1, -0.05) is 37.5 Å². The molecule has 3 rings (SSSR count). The van der Waals surface area contributed by atoms with Crippen LogP contribution in [0.3, 0.4) is 0 Å². The van der Waals surface area contributed by atoms with Gasteiger partial charge >= 0.3 is 0 Å². The number of aromatic nitrogens is 1. The zero-order valence-electron chi connectivity index (χ0n) is 15.1. The van der Waals surface area contributed by atoms with Crippen molar-refractivity contribution in [3.63, 3.8) is 0 Å². The smallest absolute Gasteiger partial charge is 0.277 e. The van der Waals surface area contributed by atoms with Gasteiger partial charge < -0.3 is 4.74 Å². The number of pyridine rings is 1. The minimum absolute atomic E-state index is 0.0681. The maximum atomic E-state index is 11.8. The average Bonchev–Trinajstić information content (AvgIpc) is 2.68. The van der Waals surface area contributed by atoms with Gasteiger partial charge in [-0.25, -0.2) is 5.43 Å². The molecule has 1 saturated carbocycles. The molecular weight excluding hydrogens is 326 g/mol. The molecule has 0 spiro atoms. The SMILES string of the molecule is Cc1cccc(/C=N\NC(=O)COc2ccc(C3CCCCC3)cc2)n1. The second-order valence-corrected chi connectivity index (χ2v) is 6.69. The van der Waals surface area contributed by atoms with E-state index in [1.54, 1.807) is 0 Å². The molecule has 1 aliphatic carbocycles. The van der Waals surface area contributed by atoms with E-state index < -0.39 is 0 Å². The second kappa shape index (κ2) is 9.13. The number of nitrogens with one attached hydrogen (secondary N) is 1. The number of ether oxygens (including phenoxy) is 1. The summed E-state index contributed by atoms with van der Waals surface area (Å²) in [6, 6.07) is 13.7. The highest BCUT2D eigenvalue weighted by Crippen LogP contribution is 2.33. The molecular formula is C21H25N3O2. The monoisotopic (exact) mass is 351 g/mol. The van der Waals surface area contributed by atoms with Crippen molar-refractivity contribution in [3.8, 4) is 5.75 Å². The van der Waals surface area contributed by atoms with Gasteiger partial charge in [0.1, 0.15) is 5.75 Å². The van der Waals surface area contributed by atoms with Crippen LogP contribution < -0.4 is 10.2 Å². The molecule has 26 heavy (non-hydrogen) atoms. The van der Waals surface area contributed by atoms with E-state index in [9.17, 15) is 4.79 Å². The van der Waals surface area contributed by atoms with Crippen molar-refractivity contribution in [2.45, 2.75) is 44.9 Å². The average molecular weight is 351 g/mol. The van der Waals surface area contributed by atoms with Crippen molar-refractivity contribution < 1.29 is 9.53 Å². The number of carbonyl (C=O) groups excluding carboxylic acids is 1. The summed E-state index contributed by atoms with van der Waals surface area (Å²) in [5, 5.41) is 3.90. The Morgan fingerprint density at radius 1 is 1.19 bits per heavy atom. The predicted octanol–water partition coefficient (Wildman–Crippen LogP) is 3.97. The van der Waals surface area contributed by atoms with Crippen LogP contribution in [0.1, 0.15) is 55.0 Å². The lowest BCUT2D eigenvalue weighted by molar-refractivity contribution is -0.123. The Hall–Kier alpha value is -2.69. The van der Waals surface area contributed by atoms with Crippen molar-refractivity contribution >= 4 is 12.1 Å². The van der Waals surface area contributed by atoms with Gasteiger partial charge in [0.2, 0.25) is 0 Å². The maximum absolute atomic E-state index is 11.8. The predicted molar refractivity (Wildman–Crippen MR) is 102 cm³/mol. The summed E-state index contributed by atoms with van der Waals surface area (Å²) in [5.74, 6) is 1.07. The van der Waals surface area contributed by atoms with Gasteiger partial charge in [-0.3, -0.25) is 9.78 Å². The van der Waals surface area contributed by atoms with E-state index in [4.69, 9.17) is 4.74 Å². The summed E-state index contributed by atoms with van der Waals surface area (Å²) in [6.07, 6.45) is 8.06. The van der Waals surface area contributed by atoms with E-state index in [0.717, 1.165) is 5.69 Å². The summed E-state index contributed by atoms with van der Waals surface area (Å²) in [4.78, 5) is 16.1. The van der Waals surface area contributed by atoms with Crippen molar-refractivity contribution in [3.05, 3.63) is 59.4 Å². The molecule has 0 atom stereocenters. The van der Waals surface area contributed by atoms with E-state index in [0.29, 0.717) is 17.4 Å². The van der Waals surface area contributed by atoms with Gasteiger partial charge in [0.25, 0.3) is 5.91 Å². The number of carbonyl (C=O) groups is 1. The maximum Gasteiger partial charge on any atom is 0.277 e. The van der Waals surface area contributed by atoms with Crippen molar-refractivity contribution in [2.24, 2.45) is 5.10 Å². The third-order valence-corrected chi connectivity index (χ3v) is 4.62. The first kappa shape index (κ1) is 18.1. The summed E-state index contributed by atoms with van der Waals surface area (Å²) < 4.78 is 5.53. The fourth-order valence-electron chi connectivity index (χ4n) is 3.26. The van der Waals surface area contributed by atoms with Crippen LogP contribution >= 0.6 is 0 Å². The van der Waals surface area contributed by atoms with Gasteiger partial charge in [0.05, 0.1) is 11.9 Å². The molecule has 5 nitrogen and oxygen atoms in total. The quantitative estimate of drug-likeness (QED) is 0.633. The highest BCUT2D eigenvalue weighted by atomic mass is 16.5. The standard InChI is InChI=1S/C21H25N3O2/c1-16-6-5-9-19(23-16)14-22-24-21(25)15-26-20-12-10-18(11-13-20)17-7-3-2-4-8-17/h5-6,9-14,17H,2-4,7-8,15H2,1H3,(H,24,25)/b22-14-. The van der Waals surface area contributed by atoms with Gasteiger partial charge in [0, 0.05) is 5.69 Å². The Bertz CT molecular complexity index is 750. The summed E-state index contributed by atoms with van der Waals surface area (Å²) in [7, 11) is 0. The molecule has 0 saturated heterocycles. The Morgan fingerprint density at radius 2 is 1.96 bits per heavy atom. The lowest BCUT2D eigenvalue weighted by atomic mass is 9.84. The van der Waals surface area contributed by atoms with E-state index in [1.165, 1.54) is 43.9 Å². The Balaban J connectivity index is 1.44. The van der Waals surface area contributed by atoms with E-state index in [2.05, 4.69) is 27.6 Å². The lowest BCUT2D eigenvalue weighted by Gasteiger charge is -2.22. The highest BCUT2D eigenvalue weighted by molar-refractivity contribution is 5.81. The lowest BCUT2D eigenvalue weighted by Crippen LogP contribution is -2.24. The van der Waals surface area contributed by atoms with Crippen LogP contribution in [0, 0.1) is 6.92 Å². The number of benzene rings is 1. The van der Waals surface area contributed by atoms with Gasteiger partial charge in [-0.05, 0) is 55.5 Å². The molecule has 1 N–H and O–H groups in total. The highest BCUT2D eigenvalue weighted by Gasteiger charge is 2.15. The number of aryl methyl sites for hydroxylation is 1. The van der Waals surface area contributed by atoms with E-state index >= 15 is 0 Å². The fourth-order valence-corrected chi connectivity index (χ4v) is 3.26. The second-order valence-electron chi connectivity index (χ2n) is 6.69. The molecule has 2 aromatic rings. The molecule has 5 heteroatoms. The molecule has 136 valence electrons. The number of hydrogen-bond donors (Lipinski definition) is 1. The van der Waals surface area contributed by atoms with E-state index in [-0.39, 0.29) is 12.5 Å². The van der Waals surface area contributed by atoms with E-state index in [1.807, 2.05) is 37.3 Å². The first-order valence-corrected chi connectivity index (χ1v) is 9.19. The number of rotatable bonds is 6. The fraction of sp³-hybridized carbons (Fsp3) is 0.381. The molecule has 1 aromatic carbocycles. The molecule has 1 amide bonds. The molecule has 0 radical (unpaired) electrons. The molecule has 0 aliphatic heterocycles. The molecule has 1 fully saturated rings. The molecule has 1 aromatic heterocycles. The van der Waals surface area contributed by atoms with Crippen LogP contribution in [-0.2, 0) is 4.79 Å². The number of amides is 1. The summed E-state index contributed by atoms with van der Waals surface area (Å²) in [5.41, 5.74) is 5.42. The Kier molecular flexibility index (Phi) is 6.36. The Morgan fingerprint density at radius 3 is 2.69 bits per heavy atom. The molecule has 0 bridgehead atoms. The third-order valence-electron chi connectivity index (χ3n) is 4.62. The zero-order chi connectivity index (χ0) is 18.2. The van der Waals surface area contributed by atoms with Gasteiger partial charge in [-0.2, -0.15) is 5.10 Å². The van der Waals surface area contributed by atoms with Crippen LogP contribution in [0.15, 0.2) is 47.6 Å². The van der Waals surface area contributed by atoms with Crippen LogP contribution in [0.25, 0.3) is 0 Å². The first-order chi connectivity index (χ1) is 12.7. The summed E-state index contributed by atoms with van der Waals surface area (Å²) >= 11 is 0. The first-order valence-electron chi connectivity index (χ1n) is 9.19.